The van der Waals surface area contributed by atoms with Crippen LogP contribution in [0.2, 0.25) is 0 Å². The standard InChI is InChI=1S/C39H44N4O6S2/c1-42(28-8-10-29(11-9-28)49-38(46)39(47,35-5-2-21-50-35)36-6-3-22-51-36)17-4-18-43-19-15-27-23-26(7-13-32(27)43)24-40-25-34(45)30-12-14-33(44)37-31(30)16-20-48-41-37/h2-3,5-7,12-16,19-23,28-29,34,40-41,44-45,47H,4,8-11,17-18,24-25H2,1H3/t28?,29?,34-/m0/s1. The van der Waals surface area contributed by atoms with Crippen LogP contribution < -0.4 is 10.8 Å². The van der Waals surface area contributed by atoms with Gasteiger partial charge in [-0.15, -0.1) is 22.7 Å². The molecular weight excluding hydrogens is 685 g/mol. The molecule has 4 heterocycles. The van der Waals surface area contributed by atoms with Crippen LogP contribution in [0.25, 0.3) is 17.0 Å². The number of esters is 1. The van der Waals surface area contributed by atoms with E-state index < -0.39 is 17.7 Å². The first-order valence-corrected chi connectivity index (χ1v) is 19.2. The highest BCUT2D eigenvalue weighted by atomic mass is 32.1. The van der Waals surface area contributed by atoms with E-state index in [1.807, 2.05) is 22.9 Å². The molecule has 1 aliphatic carbocycles. The number of carbonyl (C=O) groups excluding carboxylic acids is 1. The van der Waals surface area contributed by atoms with Gasteiger partial charge < -0.3 is 39.7 Å². The fraction of sp³-hybridized carbons (Fsp3) is 0.359. The zero-order valence-corrected chi connectivity index (χ0v) is 30.2. The summed E-state index contributed by atoms with van der Waals surface area (Å²) in [6.45, 7) is 2.87. The summed E-state index contributed by atoms with van der Waals surface area (Å²) in [4.78, 5) is 22.1. The van der Waals surface area contributed by atoms with Crippen LogP contribution in [-0.4, -0.2) is 63.0 Å². The molecule has 5 aromatic rings. The SMILES string of the molecule is CN(CCCn1ccc2cc(CNC[C@H](O)c3ccc(O)c4c3C=CON4)ccc21)C1CCC(OC(=O)C(O)(c2cccs2)c2cccs2)CC1. The van der Waals surface area contributed by atoms with Gasteiger partial charge >= 0.3 is 5.97 Å². The summed E-state index contributed by atoms with van der Waals surface area (Å²) >= 11 is 2.72. The highest BCUT2D eigenvalue weighted by Gasteiger charge is 2.45. The Bertz CT molecular complexity index is 1920. The molecular formula is C39H44N4O6S2. The highest BCUT2D eigenvalue weighted by Crippen LogP contribution is 2.39. The molecule has 12 heteroatoms. The molecule has 1 saturated carbocycles. The molecule has 3 aromatic heterocycles. The Hall–Kier alpha value is -4.17. The number of fused-ring (bicyclic) bond motifs is 2. The molecule has 0 saturated heterocycles. The molecule has 2 aliphatic rings. The third kappa shape index (κ3) is 7.57. The molecule has 0 unspecified atom stereocenters. The van der Waals surface area contributed by atoms with Crippen molar-refractivity contribution in [2.75, 3.05) is 25.6 Å². The first-order valence-electron chi connectivity index (χ1n) is 17.4. The Morgan fingerprint density at radius 3 is 2.59 bits per heavy atom. The number of hydrogen-bond acceptors (Lipinski definition) is 11. The molecule has 51 heavy (non-hydrogen) atoms. The maximum absolute atomic E-state index is 13.4. The number of nitrogens with zero attached hydrogens (tertiary/aromatic N) is 2. The normalized spacial score (nSPS) is 18.0. The Balaban J connectivity index is 0.855. The zero-order valence-electron chi connectivity index (χ0n) is 28.5. The topological polar surface area (TPSA) is 128 Å². The Morgan fingerprint density at radius 2 is 1.86 bits per heavy atom. The van der Waals surface area contributed by atoms with Crippen LogP contribution in [0.3, 0.4) is 0 Å². The van der Waals surface area contributed by atoms with Crippen LogP contribution in [0.1, 0.15) is 64.7 Å². The van der Waals surface area contributed by atoms with Crippen molar-refractivity contribution < 1.29 is 29.7 Å². The Morgan fingerprint density at radius 1 is 1.10 bits per heavy atom. The molecule has 0 amide bonds. The van der Waals surface area contributed by atoms with Gasteiger partial charge in [-0.1, -0.05) is 24.3 Å². The van der Waals surface area contributed by atoms with Gasteiger partial charge in [-0.25, -0.2) is 10.3 Å². The predicted molar refractivity (Wildman–Crippen MR) is 201 cm³/mol. The molecule has 2 aromatic carbocycles. The lowest BCUT2D eigenvalue weighted by Crippen LogP contribution is -2.42. The number of rotatable bonds is 14. The van der Waals surface area contributed by atoms with Crippen molar-refractivity contribution in [2.45, 2.75) is 69.0 Å². The molecule has 7 rings (SSSR count). The van der Waals surface area contributed by atoms with Crippen molar-refractivity contribution in [1.29, 1.82) is 0 Å². The van der Waals surface area contributed by atoms with Gasteiger partial charge in [-0.2, -0.15) is 0 Å². The number of anilines is 1. The molecule has 10 nitrogen and oxygen atoms in total. The number of benzene rings is 2. The number of aromatic nitrogens is 1. The lowest BCUT2D eigenvalue weighted by molar-refractivity contribution is -0.169. The second-order valence-electron chi connectivity index (χ2n) is 13.4. The smallest absolute Gasteiger partial charge is 0.349 e. The number of aliphatic hydroxyl groups is 2. The van der Waals surface area contributed by atoms with Gasteiger partial charge in [-0.05, 0) is 115 Å². The second kappa shape index (κ2) is 15.6. The monoisotopic (exact) mass is 728 g/mol. The molecule has 0 radical (unpaired) electrons. The van der Waals surface area contributed by atoms with Gasteiger partial charge in [-0.3, -0.25) is 0 Å². The number of nitrogens with one attached hydrogen (secondary N) is 2. The molecule has 1 aliphatic heterocycles. The largest absolute Gasteiger partial charge is 0.506 e. The number of hydrogen-bond donors (Lipinski definition) is 5. The van der Waals surface area contributed by atoms with Crippen molar-refractivity contribution in [3.8, 4) is 5.75 Å². The van der Waals surface area contributed by atoms with Gasteiger partial charge in [0.05, 0.1) is 15.9 Å². The Kier molecular flexibility index (Phi) is 10.8. The van der Waals surface area contributed by atoms with Gasteiger partial charge in [0.2, 0.25) is 5.60 Å². The number of thiophene rings is 2. The molecule has 268 valence electrons. The number of aromatic hydroxyl groups is 1. The van der Waals surface area contributed by atoms with Crippen LogP contribution in [0.5, 0.6) is 5.75 Å². The van der Waals surface area contributed by atoms with E-state index in [0.717, 1.165) is 50.8 Å². The van der Waals surface area contributed by atoms with Crippen LogP contribution in [0.4, 0.5) is 5.69 Å². The third-order valence-electron chi connectivity index (χ3n) is 10.1. The average Bonchev–Trinajstić information content (AvgIpc) is 3.96. The van der Waals surface area contributed by atoms with Gasteiger partial charge in [0.1, 0.15) is 23.8 Å². The van der Waals surface area contributed by atoms with E-state index >= 15 is 0 Å². The van der Waals surface area contributed by atoms with E-state index in [9.17, 15) is 20.1 Å². The van der Waals surface area contributed by atoms with Crippen molar-refractivity contribution in [2.24, 2.45) is 0 Å². The quantitative estimate of drug-likeness (QED) is 0.0625. The van der Waals surface area contributed by atoms with Gasteiger partial charge in [0.25, 0.3) is 0 Å². The summed E-state index contributed by atoms with van der Waals surface area (Å²) in [5, 5.41) is 40.8. The minimum Gasteiger partial charge on any atom is -0.506 e. The summed E-state index contributed by atoms with van der Waals surface area (Å²) in [5.41, 5.74) is 5.14. The number of phenolic OH excluding ortho intramolecular Hbond substituents is 1. The summed E-state index contributed by atoms with van der Waals surface area (Å²) in [7, 11) is 2.19. The van der Waals surface area contributed by atoms with E-state index in [1.165, 1.54) is 39.8 Å². The fourth-order valence-electron chi connectivity index (χ4n) is 7.22. The number of phenols is 1. The van der Waals surface area contributed by atoms with E-state index in [4.69, 9.17) is 9.57 Å². The molecule has 0 spiro atoms. The zero-order chi connectivity index (χ0) is 35.4. The van der Waals surface area contributed by atoms with Crippen LogP contribution in [0, 0.1) is 0 Å². The van der Waals surface area contributed by atoms with E-state index in [0.29, 0.717) is 45.7 Å². The summed E-state index contributed by atoms with van der Waals surface area (Å²) in [6.07, 6.45) is 8.91. The summed E-state index contributed by atoms with van der Waals surface area (Å²) in [6, 6.07) is 19.6. The molecule has 5 N–H and O–H groups in total. The van der Waals surface area contributed by atoms with Gasteiger partial charge in [0, 0.05) is 43.0 Å². The summed E-state index contributed by atoms with van der Waals surface area (Å²) < 4.78 is 8.26. The van der Waals surface area contributed by atoms with Gasteiger partial charge in [0.15, 0.2) is 0 Å². The fourth-order valence-corrected chi connectivity index (χ4v) is 8.93. The van der Waals surface area contributed by atoms with Crippen LogP contribution >= 0.6 is 22.7 Å². The molecule has 1 fully saturated rings. The third-order valence-corrected chi connectivity index (χ3v) is 12.0. The number of aryl methyl sites for hydroxylation is 1. The lowest BCUT2D eigenvalue weighted by atomic mass is 9.91. The minimum absolute atomic E-state index is 0.0702. The Labute approximate surface area is 305 Å². The highest BCUT2D eigenvalue weighted by molar-refractivity contribution is 7.12. The number of ether oxygens (including phenoxy) is 1. The maximum Gasteiger partial charge on any atom is 0.349 e. The average molecular weight is 729 g/mol. The second-order valence-corrected chi connectivity index (χ2v) is 15.3. The predicted octanol–water partition coefficient (Wildman–Crippen LogP) is 6.73. The first kappa shape index (κ1) is 35.2. The summed E-state index contributed by atoms with van der Waals surface area (Å²) in [5.74, 6) is -0.512. The van der Waals surface area contributed by atoms with Crippen molar-refractivity contribution in [3.63, 3.8) is 0 Å². The number of aliphatic hydroxyl groups excluding tert-OH is 1. The number of carbonyl (C=O) groups is 1. The minimum atomic E-state index is -1.76. The van der Waals surface area contributed by atoms with E-state index in [-0.39, 0.29) is 11.9 Å². The maximum atomic E-state index is 13.4. The molecule has 0 bridgehead atoms. The van der Waals surface area contributed by atoms with E-state index in [2.05, 4.69) is 57.8 Å². The molecule has 1 atom stereocenters. The van der Waals surface area contributed by atoms with Crippen molar-refractivity contribution >= 4 is 51.3 Å². The van der Waals surface area contributed by atoms with Crippen LogP contribution in [-0.2, 0) is 33.1 Å². The lowest BCUT2D eigenvalue weighted by Gasteiger charge is -2.35. The van der Waals surface area contributed by atoms with Crippen molar-refractivity contribution in [1.82, 2.24) is 14.8 Å². The first-order chi connectivity index (χ1) is 24.8. The van der Waals surface area contributed by atoms with Crippen molar-refractivity contribution in [3.05, 3.63) is 110 Å². The van der Waals surface area contributed by atoms with Crippen LogP contribution in [0.15, 0.2) is 83.9 Å². The van der Waals surface area contributed by atoms with E-state index in [1.54, 1.807) is 30.3 Å².